The van der Waals surface area contributed by atoms with Gasteiger partial charge in [0, 0.05) is 0 Å². The lowest BCUT2D eigenvalue weighted by atomic mass is 9.97. The quantitative estimate of drug-likeness (QED) is 0.750. The van der Waals surface area contributed by atoms with Crippen LogP contribution in [0.1, 0.15) is 17.4 Å². The molecule has 0 spiro atoms. The molecular formula is C16H15NO. The Morgan fingerprint density at radius 2 is 1.78 bits per heavy atom. The summed E-state index contributed by atoms with van der Waals surface area (Å²) in [7, 11) is 1.95. The highest BCUT2D eigenvalue weighted by Crippen LogP contribution is 2.28. The van der Waals surface area contributed by atoms with Gasteiger partial charge in [-0.25, -0.2) is 0 Å². The van der Waals surface area contributed by atoms with Gasteiger partial charge in [-0.05, 0) is 35.5 Å². The molecule has 0 saturated carbocycles. The first-order chi connectivity index (χ1) is 8.90. The van der Waals surface area contributed by atoms with E-state index in [-0.39, 0.29) is 6.04 Å². The fourth-order valence-corrected chi connectivity index (χ4v) is 2.41. The molecule has 0 saturated heterocycles. The van der Waals surface area contributed by atoms with E-state index in [0.717, 1.165) is 5.76 Å². The molecule has 0 aliphatic carbocycles. The van der Waals surface area contributed by atoms with Gasteiger partial charge in [0.2, 0.25) is 0 Å². The number of benzene rings is 2. The number of hydrogen-bond acceptors (Lipinski definition) is 2. The first-order valence-electron chi connectivity index (χ1n) is 6.08. The summed E-state index contributed by atoms with van der Waals surface area (Å²) in [4.78, 5) is 0. The second-order valence-corrected chi connectivity index (χ2v) is 4.31. The first-order valence-corrected chi connectivity index (χ1v) is 6.08. The number of fused-ring (bicyclic) bond motifs is 1. The van der Waals surface area contributed by atoms with Crippen molar-refractivity contribution in [3.05, 3.63) is 72.2 Å². The van der Waals surface area contributed by atoms with E-state index < -0.39 is 0 Å². The van der Waals surface area contributed by atoms with Gasteiger partial charge < -0.3 is 9.73 Å². The van der Waals surface area contributed by atoms with Crippen molar-refractivity contribution in [2.45, 2.75) is 6.04 Å². The van der Waals surface area contributed by atoms with Crippen molar-refractivity contribution < 1.29 is 4.42 Å². The van der Waals surface area contributed by atoms with Crippen molar-refractivity contribution in [3.63, 3.8) is 0 Å². The van der Waals surface area contributed by atoms with Crippen molar-refractivity contribution in [3.8, 4) is 0 Å². The maximum absolute atomic E-state index is 5.53. The van der Waals surface area contributed by atoms with Crippen LogP contribution in [0, 0.1) is 0 Å². The van der Waals surface area contributed by atoms with Crippen molar-refractivity contribution in [2.75, 3.05) is 7.05 Å². The fraction of sp³-hybridized carbons (Fsp3) is 0.125. The zero-order chi connectivity index (χ0) is 12.4. The minimum Gasteiger partial charge on any atom is -0.467 e. The van der Waals surface area contributed by atoms with Crippen LogP contribution in [0.15, 0.2) is 65.3 Å². The molecule has 0 radical (unpaired) electrons. The third kappa shape index (κ3) is 1.81. The van der Waals surface area contributed by atoms with Crippen LogP contribution in [0.4, 0.5) is 0 Å². The molecule has 1 N–H and O–H groups in total. The molecule has 0 bridgehead atoms. The first kappa shape index (κ1) is 11.1. The van der Waals surface area contributed by atoms with Crippen molar-refractivity contribution in [1.29, 1.82) is 0 Å². The molecule has 1 aromatic heterocycles. The SMILES string of the molecule is CNC(c1ccco1)c1cccc2ccccc12. The van der Waals surface area contributed by atoms with Gasteiger partial charge in [-0.2, -0.15) is 0 Å². The molecule has 0 fully saturated rings. The van der Waals surface area contributed by atoms with Gasteiger partial charge in [0.05, 0.1) is 12.3 Å². The molecule has 18 heavy (non-hydrogen) atoms. The van der Waals surface area contributed by atoms with Gasteiger partial charge in [0.15, 0.2) is 0 Å². The molecule has 2 aromatic carbocycles. The molecule has 2 heteroatoms. The Morgan fingerprint density at radius 1 is 0.944 bits per heavy atom. The van der Waals surface area contributed by atoms with Gasteiger partial charge >= 0.3 is 0 Å². The average Bonchev–Trinajstić information content (AvgIpc) is 2.94. The molecule has 3 aromatic rings. The fourth-order valence-electron chi connectivity index (χ4n) is 2.41. The van der Waals surface area contributed by atoms with E-state index in [2.05, 4.69) is 47.8 Å². The van der Waals surface area contributed by atoms with Crippen LogP contribution >= 0.6 is 0 Å². The van der Waals surface area contributed by atoms with Crippen LogP contribution in [-0.4, -0.2) is 7.05 Å². The van der Waals surface area contributed by atoms with Crippen LogP contribution < -0.4 is 5.32 Å². The van der Waals surface area contributed by atoms with Crippen molar-refractivity contribution in [1.82, 2.24) is 5.32 Å². The molecule has 3 rings (SSSR count). The monoisotopic (exact) mass is 237 g/mol. The van der Waals surface area contributed by atoms with Crippen LogP contribution in [0.3, 0.4) is 0 Å². The third-order valence-corrected chi connectivity index (χ3v) is 3.25. The standard InChI is InChI=1S/C16H15NO/c1-17-16(15-10-5-11-18-15)14-9-4-7-12-6-2-3-8-13(12)14/h2-11,16-17H,1H3. The van der Waals surface area contributed by atoms with Crippen LogP contribution in [0.2, 0.25) is 0 Å². The summed E-state index contributed by atoms with van der Waals surface area (Å²) in [6, 6.07) is 18.8. The Labute approximate surface area is 106 Å². The minimum atomic E-state index is 0.0890. The van der Waals surface area contributed by atoms with Crippen LogP contribution in [0.5, 0.6) is 0 Å². The Kier molecular flexibility index (Phi) is 2.87. The number of nitrogens with one attached hydrogen (secondary N) is 1. The predicted molar refractivity (Wildman–Crippen MR) is 73.6 cm³/mol. The smallest absolute Gasteiger partial charge is 0.125 e. The van der Waals surface area contributed by atoms with Crippen molar-refractivity contribution >= 4 is 10.8 Å². The number of rotatable bonds is 3. The Bertz CT molecular complexity index is 638. The highest BCUT2D eigenvalue weighted by Gasteiger charge is 2.16. The summed E-state index contributed by atoms with van der Waals surface area (Å²) in [5, 5.41) is 5.83. The van der Waals surface area contributed by atoms with Gasteiger partial charge in [-0.1, -0.05) is 42.5 Å². The van der Waals surface area contributed by atoms with Gasteiger partial charge in [-0.15, -0.1) is 0 Å². The molecule has 1 unspecified atom stereocenters. The molecule has 1 atom stereocenters. The second-order valence-electron chi connectivity index (χ2n) is 4.31. The van der Waals surface area contributed by atoms with Crippen molar-refractivity contribution in [2.24, 2.45) is 0 Å². The molecule has 2 nitrogen and oxygen atoms in total. The summed E-state index contributed by atoms with van der Waals surface area (Å²) < 4.78 is 5.53. The largest absolute Gasteiger partial charge is 0.467 e. The molecule has 0 aliphatic heterocycles. The van der Waals surface area contributed by atoms with E-state index in [0.29, 0.717) is 0 Å². The Hall–Kier alpha value is -2.06. The van der Waals surface area contributed by atoms with E-state index in [4.69, 9.17) is 4.42 Å². The molecule has 0 amide bonds. The topological polar surface area (TPSA) is 25.2 Å². The highest BCUT2D eigenvalue weighted by molar-refractivity contribution is 5.86. The number of furan rings is 1. The second kappa shape index (κ2) is 4.67. The zero-order valence-electron chi connectivity index (χ0n) is 10.3. The minimum absolute atomic E-state index is 0.0890. The van der Waals surface area contributed by atoms with Gasteiger partial charge in [0.25, 0.3) is 0 Å². The van der Waals surface area contributed by atoms with E-state index in [9.17, 15) is 0 Å². The van der Waals surface area contributed by atoms with Gasteiger partial charge in [0.1, 0.15) is 5.76 Å². The van der Waals surface area contributed by atoms with Crippen LogP contribution in [0.25, 0.3) is 10.8 Å². The lowest BCUT2D eigenvalue weighted by molar-refractivity contribution is 0.464. The lowest BCUT2D eigenvalue weighted by Gasteiger charge is -2.16. The van der Waals surface area contributed by atoms with Crippen LogP contribution in [-0.2, 0) is 0 Å². The highest BCUT2D eigenvalue weighted by atomic mass is 16.3. The Balaban J connectivity index is 2.18. The third-order valence-electron chi connectivity index (χ3n) is 3.25. The zero-order valence-corrected chi connectivity index (χ0v) is 10.3. The van der Waals surface area contributed by atoms with E-state index >= 15 is 0 Å². The molecule has 0 aliphatic rings. The predicted octanol–water partition coefficient (Wildman–Crippen LogP) is 3.74. The maximum atomic E-state index is 5.53. The van der Waals surface area contributed by atoms with Gasteiger partial charge in [-0.3, -0.25) is 0 Å². The van der Waals surface area contributed by atoms with E-state index in [1.54, 1.807) is 6.26 Å². The summed E-state index contributed by atoms with van der Waals surface area (Å²) >= 11 is 0. The normalized spacial score (nSPS) is 12.7. The van der Waals surface area contributed by atoms with E-state index in [1.807, 2.05) is 19.2 Å². The Morgan fingerprint density at radius 3 is 2.56 bits per heavy atom. The average molecular weight is 237 g/mol. The molecule has 90 valence electrons. The summed E-state index contributed by atoms with van der Waals surface area (Å²) in [5.41, 5.74) is 1.24. The molecular weight excluding hydrogens is 222 g/mol. The summed E-state index contributed by atoms with van der Waals surface area (Å²) in [6.07, 6.45) is 1.71. The lowest BCUT2D eigenvalue weighted by Crippen LogP contribution is -2.17. The van der Waals surface area contributed by atoms with E-state index in [1.165, 1.54) is 16.3 Å². The molecule has 1 heterocycles. The maximum Gasteiger partial charge on any atom is 0.125 e. The number of hydrogen-bond donors (Lipinski definition) is 1. The summed E-state index contributed by atoms with van der Waals surface area (Å²) in [6.45, 7) is 0. The summed E-state index contributed by atoms with van der Waals surface area (Å²) in [5.74, 6) is 0.939.